The number of hydrogen-bond donors (Lipinski definition) is 3. The second kappa shape index (κ2) is 11.1. The maximum atomic E-state index is 13.5. The predicted octanol–water partition coefficient (Wildman–Crippen LogP) is 1.18. The summed E-state index contributed by atoms with van der Waals surface area (Å²) >= 11 is 0. The molecule has 13 heteroatoms. The van der Waals surface area contributed by atoms with Crippen molar-refractivity contribution in [3.63, 3.8) is 0 Å². The molecular formula is C21H28N3O9P. The number of rotatable bonds is 10. The van der Waals surface area contributed by atoms with Crippen molar-refractivity contribution in [3.05, 3.63) is 63.4 Å². The zero-order valence-corrected chi connectivity index (χ0v) is 19.8. The van der Waals surface area contributed by atoms with E-state index in [1.54, 1.807) is 44.2 Å². The Kier molecular flexibility index (Phi) is 8.45. The van der Waals surface area contributed by atoms with Gasteiger partial charge in [-0.1, -0.05) is 25.1 Å². The molecule has 3 N–H and O–H groups in total. The molecule has 0 radical (unpaired) electrons. The maximum absolute atomic E-state index is 13.5. The summed E-state index contributed by atoms with van der Waals surface area (Å²) in [4.78, 5) is 37.7. The van der Waals surface area contributed by atoms with Gasteiger partial charge in [-0.25, -0.2) is 9.36 Å². The quantitative estimate of drug-likeness (QED) is 0.321. The Labute approximate surface area is 195 Å². The van der Waals surface area contributed by atoms with Crippen molar-refractivity contribution in [3.8, 4) is 5.75 Å². The Balaban J connectivity index is 1.75. The molecule has 2 heterocycles. The smallest absolute Gasteiger partial charge is 0.459 e. The number of aromatic nitrogens is 2. The number of aliphatic hydroxyl groups is 1. The maximum Gasteiger partial charge on any atom is 0.459 e. The van der Waals surface area contributed by atoms with E-state index in [1.807, 2.05) is 0 Å². The first kappa shape index (κ1) is 25.9. The van der Waals surface area contributed by atoms with Crippen molar-refractivity contribution < 1.29 is 33.0 Å². The number of nitrogens with one attached hydrogen (secondary N) is 2. The third-order valence-electron chi connectivity index (χ3n) is 5.18. The zero-order chi connectivity index (χ0) is 24.9. The van der Waals surface area contributed by atoms with Gasteiger partial charge in [-0.3, -0.25) is 23.7 Å². The van der Waals surface area contributed by atoms with Crippen LogP contribution in [-0.2, 0) is 23.4 Å². The SMILES string of the molecule is CCOC(=O)[C@H](C)NP(=O)(OC[C@H]1OC(n2ccc(=O)[nH]c2=O)[C@@H](C)[C@@H]1O)Oc1ccccc1. The molecule has 0 saturated carbocycles. The molecule has 1 aromatic carbocycles. The number of esters is 1. The molecule has 1 aliphatic rings. The summed E-state index contributed by atoms with van der Waals surface area (Å²) in [5.41, 5.74) is -1.26. The van der Waals surface area contributed by atoms with E-state index in [2.05, 4.69) is 10.1 Å². The van der Waals surface area contributed by atoms with Crippen molar-refractivity contribution >= 4 is 13.7 Å². The molecule has 3 rings (SSSR count). The number of para-hydroxylation sites is 1. The Morgan fingerprint density at radius 3 is 2.65 bits per heavy atom. The van der Waals surface area contributed by atoms with Crippen LogP contribution in [0, 0.1) is 5.92 Å². The van der Waals surface area contributed by atoms with Gasteiger partial charge in [0.2, 0.25) is 0 Å². The topological polar surface area (TPSA) is 158 Å². The highest BCUT2D eigenvalue weighted by Gasteiger charge is 2.44. The number of hydrogen-bond acceptors (Lipinski definition) is 9. The molecule has 6 atom stereocenters. The van der Waals surface area contributed by atoms with E-state index in [0.717, 1.165) is 10.6 Å². The molecule has 1 saturated heterocycles. The van der Waals surface area contributed by atoms with Gasteiger partial charge in [0.1, 0.15) is 24.1 Å². The second-order valence-corrected chi connectivity index (χ2v) is 9.43. The van der Waals surface area contributed by atoms with E-state index in [4.69, 9.17) is 18.5 Å². The van der Waals surface area contributed by atoms with E-state index in [9.17, 15) is 24.1 Å². The van der Waals surface area contributed by atoms with Gasteiger partial charge in [0.25, 0.3) is 5.56 Å². The number of nitrogens with zero attached hydrogens (tertiary/aromatic N) is 1. The lowest BCUT2D eigenvalue weighted by Gasteiger charge is -2.24. The number of H-pyrrole nitrogens is 1. The number of carbonyl (C=O) groups is 1. The molecule has 34 heavy (non-hydrogen) atoms. The van der Waals surface area contributed by atoms with Crippen LogP contribution in [0.1, 0.15) is 27.0 Å². The fraction of sp³-hybridized carbons (Fsp3) is 0.476. The molecule has 0 bridgehead atoms. The van der Waals surface area contributed by atoms with Crippen molar-refractivity contribution in [1.29, 1.82) is 0 Å². The molecule has 2 aromatic rings. The first-order valence-corrected chi connectivity index (χ1v) is 12.3. The molecule has 1 fully saturated rings. The van der Waals surface area contributed by atoms with Crippen LogP contribution in [0.3, 0.4) is 0 Å². The Morgan fingerprint density at radius 1 is 1.29 bits per heavy atom. The number of aromatic amines is 1. The summed E-state index contributed by atoms with van der Waals surface area (Å²) in [7, 11) is -4.14. The highest BCUT2D eigenvalue weighted by Crippen LogP contribution is 2.46. The third kappa shape index (κ3) is 6.22. The van der Waals surface area contributed by atoms with Crippen molar-refractivity contribution in [2.45, 2.75) is 45.2 Å². The van der Waals surface area contributed by atoms with Crippen LogP contribution in [0.4, 0.5) is 0 Å². The largest absolute Gasteiger partial charge is 0.465 e. The summed E-state index contributed by atoms with van der Waals surface area (Å²) in [6.07, 6.45) is -1.69. The van der Waals surface area contributed by atoms with Gasteiger partial charge >= 0.3 is 19.4 Å². The normalized spacial score (nSPS) is 24.8. The monoisotopic (exact) mass is 497 g/mol. The fourth-order valence-corrected chi connectivity index (χ4v) is 4.92. The van der Waals surface area contributed by atoms with Crippen molar-refractivity contribution in [1.82, 2.24) is 14.6 Å². The molecule has 0 spiro atoms. The second-order valence-electron chi connectivity index (χ2n) is 7.73. The van der Waals surface area contributed by atoms with E-state index < -0.39 is 55.4 Å². The molecule has 12 nitrogen and oxygen atoms in total. The van der Waals surface area contributed by atoms with Crippen LogP contribution in [-0.4, -0.2) is 52.1 Å². The highest BCUT2D eigenvalue weighted by molar-refractivity contribution is 7.52. The molecule has 2 unspecified atom stereocenters. The van der Waals surface area contributed by atoms with Crippen LogP contribution < -0.4 is 20.9 Å². The van der Waals surface area contributed by atoms with Gasteiger partial charge in [0, 0.05) is 18.2 Å². The Bertz CT molecular complexity index is 1140. The minimum absolute atomic E-state index is 0.140. The zero-order valence-electron chi connectivity index (χ0n) is 19.0. The van der Waals surface area contributed by atoms with Gasteiger partial charge < -0.3 is 19.1 Å². The third-order valence-corrected chi connectivity index (χ3v) is 6.82. The summed E-state index contributed by atoms with van der Waals surface area (Å²) < 4.78 is 36.5. The number of benzene rings is 1. The van der Waals surface area contributed by atoms with Crippen LogP contribution in [0.5, 0.6) is 5.75 Å². The number of ether oxygens (including phenoxy) is 2. The molecular weight excluding hydrogens is 469 g/mol. The first-order valence-electron chi connectivity index (χ1n) is 10.7. The van der Waals surface area contributed by atoms with E-state index in [1.165, 1.54) is 13.1 Å². The number of carbonyl (C=O) groups excluding carboxylic acids is 1. The lowest BCUT2D eigenvalue weighted by atomic mass is 10.0. The Hall–Kier alpha value is -2.76. The van der Waals surface area contributed by atoms with E-state index in [0.29, 0.717) is 0 Å². The molecule has 0 amide bonds. The summed E-state index contributed by atoms with van der Waals surface area (Å²) in [5.74, 6) is -0.974. The average molecular weight is 497 g/mol. The van der Waals surface area contributed by atoms with Crippen molar-refractivity contribution in [2.24, 2.45) is 5.92 Å². The predicted molar refractivity (Wildman–Crippen MR) is 120 cm³/mol. The Morgan fingerprint density at radius 2 is 2.00 bits per heavy atom. The minimum Gasteiger partial charge on any atom is -0.465 e. The van der Waals surface area contributed by atoms with Crippen LogP contribution in [0.2, 0.25) is 0 Å². The van der Waals surface area contributed by atoms with Crippen molar-refractivity contribution in [2.75, 3.05) is 13.2 Å². The summed E-state index contributed by atoms with van der Waals surface area (Å²) in [6.45, 7) is 4.51. The lowest BCUT2D eigenvalue weighted by Crippen LogP contribution is -2.36. The van der Waals surface area contributed by atoms with Crippen LogP contribution in [0.25, 0.3) is 0 Å². The lowest BCUT2D eigenvalue weighted by molar-refractivity contribution is -0.144. The molecule has 186 valence electrons. The van der Waals surface area contributed by atoms with Gasteiger partial charge in [-0.15, -0.1) is 0 Å². The van der Waals surface area contributed by atoms with Crippen LogP contribution >= 0.6 is 7.75 Å². The minimum atomic E-state index is -4.14. The summed E-state index contributed by atoms with van der Waals surface area (Å²) in [5, 5.41) is 13.2. The van der Waals surface area contributed by atoms with Gasteiger partial charge in [0.05, 0.1) is 19.3 Å². The molecule has 1 aliphatic heterocycles. The van der Waals surface area contributed by atoms with E-state index >= 15 is 0 Å². The van der Waals surface area contributed by atoms with Gasteiger partial charge in [0.15, 0.2) is 0 Å². The highest BCUT2D eigenvalue weighted by atomic mass is 31.2. The van der Waals surface area contributed by atoms with E-state index in [-0.39, 0.29) is 19.0 Å². The average Bonchev–Trinajstić information content (AvgIpc) is 3.07. The standard InChI is InChI=1S/C21H28N3O9P/c1-4-30-20(27)14(3)23-34(29,33-15-8-6-5-7-9-15)31-12-16-18(26)13(2)19(32-16)24-11-10-17(25)22-21(24)28/h5-11,13-14,16,18-19,26H,4,12H2,1-3H3,(H,23,29)(H,22,25,28)/t13-,14-,16+,18-,19?,34?/m0/s1. The molecule has 0 aliphatic carbocycles. The number of aliphatic hydroxyl groups excluding tert-OH is 1. The van der Waals surface area contributed by atoms with Crippen LogP contribution in [0.15, 0.2) is 52.2 Å². The fourth-order valence-electron chi connectivity index (χ4n) is 3.41. The summed E-state index contributed by atoms with van der Waals surface area (Å²) in [6, 6.07) is 8.36. The first-order chi connectivity index (χ1) is 16.1. The molecule has 1 aromatic heterocycles. The van der Waals surface area contributed by atoms with Gasteiger partial charge in [-0.05, 0) is 26.0 Å². The van der Waals surface area contributed by atoms with Gasteiger partial charge in [-0.2, -0.15) is 5.09 Å².